The zero-order valence-corrected chi connectivity index (χ0v) is 12.2. The van der Waals surface area contributed by atoms with E-state index in [1.807, 2.05) is 24.3 Å². The second-order valence-corrected chi connectivity index (χ2v) is 6.32. The third-order valence-electron chi connectivity index (χ3n) is 5.36. The molecule has 1 nitrogen and oxygen atoms in total. The molecule has 0 amide bonds. The maximum absolute atomic E-state index is 13.2. The Balaban J connectivity index is 1.77. The number of carbonyl (C=O) groups excluding carboxylic acids is 1. The summed E-state index contributed by atoms with van der Waals surface area (Å²) in [7, 11) is 0. The van der Waals surface area contributed by atoms with Crippen LogP contribution in [0.4, 0.5) is 4.39 Å². The molecular formula is C20H17FO. The first-order chi connectivity index (χ1) is 10.7. The van der Waals surface area contributed by atoms with Crippen LogP contribution in [0.25, 0.3) is 6.08 Å². The molecule has 1 saturated carbocycles. The van der Waals surface area contributed by atoms with E-state index < -0.39 is 0 Å². The summed E-state index contributed by atoms with van der Waals surface area (Å²) in [5.74, 6) is -0.156. The molecule has 2 aromatic carbocycles. The van der Waals surface area contributed by atoms with Gasteiger partial charge in [0.25, 0.3) is 0 Å². The molecule has 0 radical (unpaired) electrons. The Hall–Kier alpha value is -2.22. The molecule has 2 aromatic rings. The first-order valence-electron chi connectivity index (χ1n) is 7.74. The Morgan fingerprint density at radius 2 is 1.86 bits per heavy atom. The summed E-state index contributed by atoms with van der Waals surface area (Å²) in [6, 6.07) is 14.9. The second kappa shape index (κ2) is 4.91. The van der Waals surface area contributed by atoms with E-state index in [0.717, 1.165) is 24.7 Å². The van der Waals surface area contributed by atoms with Gasteiger partial charge >= 0.3 is 0 Å². The van der Waals surface area contributed by atoms with Crippen molar-refractivity contribution in [3.63, 3.8) is 0 Å². The highest BCUT2D eigenvalue weighted by atomic mass is 19.1. The predicted molar refractivity (Wildman–Crippen MR) is 85.1 cm³/mol. The number of fused-ring (bicyclic) bond motifs is 2. The summed E-state index contributed by atoms with van der Waals surface area (Å²) >= 11 is 0. The lowest BCUT2D eigenvalue weighted by atomic mass is 9.71. The van der Waals surface area contributed by atoms with Gasteiger partial charge in [-0.15, -0.1) is 0 Å². The first kappa shape index (κ1) is 13.4. The van der Waals surface area contributed by atoms with Crippen LogP contribution in [-0.4, -0.2) is 6.29 Å². The van der Waals surface area contributed by atoms with Crippen LogP contribution in [0.15, 0.2) is 54.6 Å². The lowest BCUT2D eigenvalue weighted by Crippen LogP contribution is -2.30. The molecule has 0 saturated heterocycles. The summed E-state index contributed by atoms with van der Waals surface area (Å²) in [5, 5.41) is 0. The maximum atomic E-state index is 13.2. The van der Waals surface area contributed by atoms with Gasteiger partial charge in [-0.1, -0.05) is 48.6 Å². The van der Waals surface area contributed by atoms with Crippen LogP contribution in [0.1, 0.15) is 35.4 Å². The monoisotopic (exact) mass is 292 g/mol. The molecule has 2 aliphatic carbocycles. The minimum Gasteiger partial charge on any atom is -0.303 e. The van der Waals surface area contributed by atoms with E-state index in [9.17, 15) is 9.18 Å². The standard InChI is InChI=1S/C20H17FO/c21-16-7-5-14(6-8-16)17-10-12-20(19(17)13-22)11-9-15-3-1-2-4-18(15)20/h1-9,11,13,17,19H,10,12H2. The smallest absolute Gasteiger partial charge is 0.124 e. The fraction of sp³-hybridized carbons (Fsp3) is 0.250. The van der Waals surface area contributed by atoms with Gasteiger partial charge in [0.1, 0.15) is 12.1 Å². The maximum Gasteiger partial charge on any atom is 0.124 e. The van der Waals surface area contributed by atoms with E-state index in [0.29, 0.717) is 0 Å². The van der Waals surface area contributed by atoms with Crippen molar-refractivity contribution < 1.29 is 9.18 Å². The van der Waals surface area contributed by atoms with Crippen molar-refractivity contribution in [1.29, 1.82) is 0 Å². The van der Waals surface area contributed by atoms with Crippen molar-refractivity contribution in [1.82, 2.24) is 0 Å². The number of allylic oxidation sites excluding steroid dienone is 1. The lowest BCUT2D eigenvalue weighted by Gasteiger charge is -2.30. The van der Waals surface area contributed by atoms with E-state index in [4.69, 9.17) is 0 Å². The van der Waals surface area contributed by atoms with Gasteiger partial charge in [0.05, 0.1) is 0 Å². The fourth-order valence-corrected chi connectivity index (χ4v) is 4.30. The number of hydrogen-bond acceptors (Lipinski definition) is 1. The van der Waals surface area contributed by atoms with Gasteiger partial charge in [0, 0.05) is 11.3 Å². The minimum atomic E-state index is -0.231. The van der Waals surface area contributed by atoms with Crippen LogP contribution in [0, 0.1) is 11.7 Å². The molecule has 110 valence electrons. The molecule has 0 bridgehead atoms. The summed E-state index contributed by atoms with van der Waals surface area (Å²) in [6.45, 7) is 0. The van der Waals surface area contributed by atoms with Crippen molar-refractivity contribution in [3.8, 4) is 0 Å². The number of carbonyl (C=O) groups is 1. The number of aldehydes is 1. The van der Waals surface area contributed by atoms with Crippen LogP contribution >= 0.6 is 0 Å². The van der Waals surface area contributed by atoms with Gasteiger partial charge in [0.15, 0.2) is 0 Å². The van der Waals surface area contributed by atoms with E-state index in [2.05, 4.69) is 24.3 Å². The molecule has 1 spiro atoms. The molecule has 0 aliphatic heterocycles. The van der Waals surface area contributed by atoms with Gasteiger partial charge in [-0.3, -0.25) is 0 Å². The predicted octanol–water partition coefficient (Wildman–Crippen LogP) is 4.48. The zero-order chi connectivity index (χ0) is 15.2. The molecule has 4 rings (SSSR count). The number of hydrogen-bond donors (Lipinski definition) is 0. The molecule has 3 unspecified atom stereocenters. The molecule has 0 heterocycles. The topological polar surface area (TPSA) is 17.1 Å². The Bertz CT molecular complexity index is 747. The molecule has 0 N–H and O–H groups in total. The Kier molecular flexibility index (Phi) is 3.00. The Morgan fingerprint density at radius 3 is 2.64 bits per heavy atom. The molecular weight excluding hydrogens is 275 g/mol. The van der Waals surface area contributed by atoms with E-state index >= 15 is 0 Å². The normalized spacial score (nSPS) is 29.0. The molecule has 0 aromatic heterocycles. The van der Waals surface area contributed by atoms with Crippen molar-refractivity contribution in [2.24, 2.45) is 5.92 Å². The van der Waals surface area contributed by atoms with E-state index in [1.54, 1.807) is 0 Å². The van der Waals surface area contributed by atoms with Crippen molar-refractivity contribution >= 4 is 12.4 Å². The van der Waals surface area contributed by atoms with Crippen LogP contribution in [0.3, 0.4) is 0 Å². The van der Waals surface area contributed by atoms with Crippen molar-refractivity contribution in [2.75, 3.05) is 0 Å². The highest BCUT2D eigenvalue weighted by molar-refractivity contribution is 5.72. The second-order valence-electron chi connectivity index (χ2n) is 6.32. The largest absolute Gasteiger partial charge is 0.303 e. The highest BCUT2D eigenvalue weighted by Crippen LogP contribution is 2.56. The quantitative estimate of drug-likeness (QED) is 0.746. The first-order valence-corrected chi connectivity index (χ1v) is 7.74. The summed E-state index contributed by atoms with van der Waals surface area (Å²) in [4.78, 5) is 11.9. The number of rotatable bonds is 2. The summed E-state index contributed by atoms with van der Waals surface area (Å²) in [6.07, 6.45) is 7.37. The minimum absolute atomic E-state index is 0.0853. The van der Waals surface area contributed by atoms with Crippen molar-refractivity contribution in [3.05, 3.63) is 77.1 Å². The highest BCUT2D eigenvalue weighted by Gasteiger charge is 2.50. The molecule has 1 fully saturated rings. The van der Waals surface area contributed by atoms with Crippen LogP contribution in [-0.2, 0) is 10.2 Å². The lowest BCUT2D eigenvalue weighted by molar-refractivity contribution is -0.112. The van der Waals surface area contributed by atoms with E-state index in [-0.39, 0.29) is 23.1 Å². The van der Waals surface area contributed by atoms with Crippen molar-refractivity contribution in [2.45, 2.75) is 24.2 Å². The fourth-order valence-electron chi connectivity index (χ4n) is 4.30. The van der Waals surface area contributed by atoms with Gasteiger partial charge in [-0.2, -0.15) is 0 Å². The van der Waals surface area contributed by atoms with Crippen LogP contribution < -0.4 is 0 Å². The number of halogens is 1. The molecule has 3 atom stereocenters. The zero-order valence-electron chi connectivity index (χ0n) is 12.2. The average molecular weight is 292 g/mol. The van der Waals surface area contributed by atoms with Gasteiger partial charge < -0.3 is 4.79 Å². The summed E-state index contributed by atoms with van der Waals surface area (Å²) in [5.41, 5.74) is 3.36. The van der Waals surface area contributed by atoms with E-state index in [1.165, 1.54) is 23.3 Å². The molecule has 2 aliphatic rings. The molecule has 2 heteroatoms. The summed E-state index contributed by atoms with van der Waals surface area (Å²) < 4.78 is 13.2. The SMILES string of the molecule is O=CC1C(c2ccc(F)cc2)CCC12C=Cc1ccccc12. The Labute approximate surface area is 129 Å². The van der Waals surface area contributed by atoms with Gasteiger partial charge in [-0.25, -0.2) is 4.39 Å². The van der Waals surface area contributed by atoms with Crippen LogP contribution in [0.2, 0.25) is 0 Å². The molecule has 22 heavy (non-hydrogen) atoms. The van der Waals surface area contributed by atoms with Gasteiger partial charge in [-0.05, 0) is 47.6 Å². The number of benzene rings is 2. The average Bonchev–Trinajstić information content (AvgIpc) is 3.11. The Morgan fingerprint density at radius 1 is 1.09 bits per heavy atom. The van der Waals surface area contributed by atoms with Gasteiger partial charge in [0.2, 0.25) is 0 Å². The third kappa shape index (κ3) is 1.80. The van der Waals surface area contributed by atoms with Crippen LogP contribution in [0.5, 0.6) is 0 Å². The third-order valence-corrected chi connectivity index (χ3v) is 5.36.